The fraction of sp³-hybridized carbons (Fsp3) is 0.370. The number of rotatable bonds is 7. The maximum Gasteiger partial charge on any atom is 0.123 e. The number of nitrogens with one attached hydrogen (secondary N) is 1. The average Bonchev–Trinajstić information content (AvgIpc) is 3.44. The van der Waals surface area contributed by atoms with E-state index in [-0.39, 0.29) is 5.82 Å². The Labute approximate surface area is 194 Å². The molecule has 2 aliphatic rings. The minimum Gasteiger partial charge on any atom is -0.360 e. The van der Waals surface area contributed by atoms with Gasteiger partial charge in [0.1, 0.15) is 5.82 Å². The number of hydrogen-bond acceptors (Lipinski definition) is 3. The second-order valence-corrected chi connectivity index (χ2v) is 10.2. The van der Waals surface area contributed by atoms with Crippen molar-refractivity contribution in [2.45, 2.75) is 43.9 Å². The molecule has 0 amide bonds. The standard InChI is InChI=1S/C27H30FN3S/c1-2-3-14-32-24-16-23-15-21(10-13-31(23)18-24)25-17-30-27(20-4-6-22(28)7-5-20)26(25)19-8-11-29-12-9-19/h4-12,17,23-24,30H,2-3,13-16,18H2,1H3/t23-,24-/m0/s1. The van der Waals surface area contributed by atoms with Crippen LogP contribution in [0.2, 0.25) is 0 Å². The molecule has 32 heavy (non-hydrogen) atoms. The van der Waals surface area contributed by atoms with E-state index in [1.165, 1.54) is 60.4 Å². The molecular weight excluding hydrogens is 417 g/mol. The third-order valence-electron chi connectivity index (χ3n) is 6.70. The summed E-state index contributed by atoms with van der Waals surface area (Å²) in [5.41, 5.74) is 7.03. The molecule has 4 heterocycles. The Balaban J connectivity index is 1.44. The Bertz CT molecular complexity index is 1070. The van der Waals surface area contributed by atoms with Crippen LogP contribution >= 0.6 is 11.8 Å². The molecule has 5 heteroatoms. The third kappa shape index (κ3) is 4.41. The minimum atomic E-state index is -0.214. The van der Waals surface area contributed by atoms with Gasteiger partial charge in [-0.05, 0) is 78.1 Å². The first-order valence-corrected chi connectivity index (χ1v) is 12.7. The lowest BCUT2D eigenvalue weighted by molar-refractivity contribution is 0.275. The number of hydrogen-bond donors (Lipinski definition) is 1. The number of H-pyrrole nitrogens is 1. The van der Waals surface area contributed by atoms with E-state index in [1.54, 1.807) is 0 Å². The van der Waals surface area contributed by atoms with E-state index in [0.29, 0.717) is 6.04 Å². The Morgan fingerprint density at radius 1 is 1.12 bits per heavy atom. The van der Waals surface area contributed by atoms with Crippen LogP contribution in [-0.2, 0) is 0 Å². The van der Waals surface area contributed by atoms with Gasteiger partial charge in [-0.2, -0.15) is 11.8 Å². The third-order valence-corrected chi connectivity index (χ3v) is 8.03. The average molecular weight is 448 g/mol. The lowest BCUT2D eigenvalue weighted by Crippen LogP contribution is -2.33. The summed E-state index contributed by atoms with van der Waals surface area (Å²) >= 11 is 2.17. The predicted octanol–water partition coefficient (Wildman–Crippen LogP) is 6.65. The van der Waals surface area contributed by atoms with Crippen LogP contribution in [-0.4, -0.2) is 45.0 Å². The first-order chi connectivity index (χ1) is 15.7. The van der Waals surface area contributed by atoms with Gasteiger partial charge in [-0.3, -0.25) is 9.88 Å². The molecule has 1 saturated heterocycles. The molecule has 1 fully saturated rings. The zero-order valence-corrected chi connectivity index (χ0v) is 19.4. The summed E-state index contributed by atoms with van der Waals surface area (Å²) in [7, 11) is 0. The molecule has 2 aliphatic heterocycles. The summed E-state index contributed by atoms with van der Waals surface area (Å²) in [5, 5.41) is 0.764. The lowest BCUT2D eigenvalue weighted by Gasteiger charge is -2.29. The van der Waals surface area contributed by atoms with Crippen LogP contribution in [0, 0.1) is 5.82 Å². The number of halogens is 1. The van der Waals surface area contributed by atoms with Gasteiger partial charge in [0.2, 0.25) is 0 Å². The molecule has 3 aromatic rings. The first-order valence-electron chi connectivity index (χ1n) is 11.7. The van der Waals surface area contributed by atoms with Gasteiger partial charge >= 0.3 is 0 Å². The molecule has 0 unspecified atom stereocenters. The predicted molar refractivity (Wildman–Crippen MR) is 133 cm³/mol. The Hall–Kier alpha value is -2.37. The van der Waals surface area contributed by atoms with Crippen molar-refractivity contribution in [1.29, 1.82) is 0 Å². The molecule has 2 aromatic heterocycles. The highest BCUT2D eigenvalue weighted by atomic mass is 32.2. The summed E-state index contributed by atoms with van der Waals surface area (Å²) < 4.78 is 13.5. The highest BCUT2D eigenvalue weighted by molar-refractivity contribution is 7.99. The van der Waals surface area contributed by atoms with Gasteiger partial charge in [0, 0.05) is 54.1 Å². The normalized spacial score (nSPS) is 20.9. The molecule has 1 N–H and O–H groups in total. The van der Waals surface area contributed by atoms with Gasteiger partial charge < -0.3 is 4.98 Å². The van der Waals surface area contributed by atoms with Crippen molar-refractivity contribution in [3.05, 3.63) is 72.4 Å². The SMILES string of the molecule is CCCCS[C@H]1C[C@@H]2CC(c3c[nH]c(-c4ccc(F)cc4)c3-c3ccncc3)=CCN2C1. The molecule has 3 nitrogen and oxygen atoms in total. The van der Waals surface area contributed by atoms with Gasteiger partial charge in [-0.25, -0.2) is 4.39 Å². The molecular formula is C27H30FN3S. The molecule has 0 radical (unpaired) electrons. The van der Waals surface area contributed by atoms with Gasteiger partial charge in [0.25, 0.3) is 0 Å². The quantitative estimate of drug-likeness (QED) is 0.412. The smallest absolute Gasteiger partial charge is 0.123 e. The molecule has 0 bridgehead atoms. The maximum absolute atomic E-state index is 13.5. The van der Waals surface area contributed by atoms with Crippen molar-refractivity contribution >= 4 is 17.3 Å². The topological polar surface area (TPSA) is 31.9 Å². The lowest BCUT2D eigenvalue weighted by atomic mass is 9.89. The number of unbranched alkanes of at least 4 members (excludes halogenated alkanes) is 1. The number of benzene rings is 1. The van der Waals surface area contributed by atoms with Crippen molar-refractivity contribution in [2.24, 2.45) is 0 Å². The van der Waals surface area contributed by atoms with Gasteiger partial charge in [0.05, 0.1) is 5.69 Å². The van der Waals surface area contributed by atoms with Crippen LogP contribution in [0.3, 0.4) is 0 Å². The van der Waals surface area contributed by atoms with Crippen molar-refractivity contribution in [2.75, 3.05) is 18.8 Å². The van der Waals surface area contributed by atoms with E-state index in [1.807, 2.05) is 24.5 Å². The highest BCUT2D eigenvalue weighted by Crippen LogP contribution is 2.42. The highest BCUT2D eigenvalue weighted by Gasteiger charge is 2.35. The molecule has 2 atom stereocenters. The van der Waals surface area contributed by atoms with E-state index in [0.717, 1.165) is 35.0 Å². The Morgan fingerprint density at radius 2 is 1.94 bits per heavy atom. The molecule has 0 saturated carbocycles. The summed E-state index contributed by atoms with van der Waals surface area (Å²) in [6.07, 6.45) is 13.2. The van der Waals surface area contributed by atoms with Crippen LogP contribution < -0.4 is 0 Å². The van der Waals surface area contributed by atoms with E-state index < -0.39 is 0 Å². The van der Waals surface area contributed by atoms with Crippen LogP contribution in [0.25, 0.3) is 28.0 Å². The van der Waals surface area contributed by atoms with Crippen LogP contribution in [0.15, 0.2) is 61.1 Å². The second-order valence-electron chi connectivity index (χ2n) is 8.82. The summed E-state index contributed by atoms with van der Waals surface area (Å²) in [6, 6.07) is 11.5. The van der Waals surface area contributed by atoms with Crippen molar-refractivity contribution in [3.63, 3.8) is 0 Å². The van der Waals surface area contributed by atoms with Crippen LogP contribution in [0.5, 0.6) is 0 Å². The monoisotopic (exact) mass is 447 g/mol. The Kier molecular flexibility index (Phi) is 6.47. The van der Waals surface area contributed by atoms with Gasteiger partial charge in [-0.15, -0.1) is 0 Å². The number of nitrogens with zero attached hydrogens (tertiary/aromatic N) is 2. The molecule has 0 spiro atoms. The van der Waals surface area contributed by atoms with E-state index in [2.05, 4.69) is 58.0 Å². The maximum atomic E-state index is 13.5. The van der Waals surface area contributed by atoms with E-state index in [4.69, 9.17) is 0 Å². The Morgan fingerprint density at radius 3 is 2.72 bits per heavy atom. The second kappa shape index (κ2) is 9.63. The number of aromatic nitrogens is 2. The van der Waals surface area contributed by atoms with E-state index >= 15 is 0 Å². The molecule has 0 aliphatic carbocycles. The molecule has 1 aromatic carbocycles. The minimum absolute atomic E-state index is 0.214. The summed E-state index contributed by atoms with van der Waals surface area (Å²) in [6.45, 7) is 4.51. The van der Waals surface area contributed by atoms with E-state index in [9.17, 15) is 4.39 Å². The number of thioether (sulfide) groups is 1. The fourth-order valence-corrected chi connectivity index (χ4v) is 6.46. The first kappa shape index (κ1) is 21.5. The van der Waals surface area contributed by atoms with Crippen molar-refractivity contribution in [3.8, 4) is 22.4 Å². The fourth-order valence-electron chi connectivity index (χ4n) is 5.01. The zero-order chi connectivity index (χ0) is 21.9. The molecule has 5 rings (SSSR count). The zero-order valence-electron chi connectivity index (χ0n) is 18.6. The summed E-state index contributed by atoms with van der Waals surface area (Å²) in [4.78, 5) is 10.4. The van der Waals surface area contributed by atoms with Gasteiger partial charge in [0.15, 0.2) is 0 Å². The van der Waals surface area contributed by atoms with Crippen molar-refractivity contribution < 1.29 is 4.39 Å². The van der Waals surface area contributed by atoms with Crippen molar-refractivity contribution in [1.82, 2.24) is 14.9 Å². The van der Waals surface area contributed by atoms with Gasteiger partial charge in [-0.1, -0.05) is 19.4 Å². The molecule has 166 valence electrons. The number of fused-ring (bicyclic) bond motifs is 1. The van der Waals surface area contributed by atoms with Crippen LogP contribution in [0.4, 0.5) is 4.39 Å². The van der Waals surface area contributed by atoms with Crippen LogP contribution in [0.1, 0.15) is 38.2 Å². The summed E-state index contributed by atoms with van der Waals surface area (Å²) in [5.74, 6) is 1.07. The number of pyridine rings is 1. The number of aromatic amines is 1. The largest absolute Gasteiger partial charge is 0.360 e.